The van der Waals surface area contributed by atoms with Crippen molar-refractivity contribution in [2.24, 2.45) is 0 Å². The predicted octanol–water partition coefficient (Wildman–Crippen LogP) is 1.06. The Kier molecular flexibility index (Phi) is 3.45. The van der Waals surface area contributed by atoms with Gasteiger partial charge in [-0.1, -0.05) is 6.92 Å². The lowest BCUT2D eigenvalue weighted by molar-refractivity contribution is -0.507. The van der Waals surface area contributed by atoms with E-state index in [0.717, 1.165) is 6.42 Å². The highest BCUT2D eigenvalue weighted by atomic mass is 16.6. The molecule has 0 aromatic rings. The molecule has 0 aromatic carbocycles. The van der Waals surface area contributed by atoms with E-state index in [-0.39, 0.29) is 0 Å². The lowest BCUT2D eigenvalue weighted by Crippen LogP contribution is -2.15. The van der Waals surface area contributed by atoms with Crippen LogP contribution in [0.15, 0.2) is 0 Å². The summed E-state index contributed by atoms with van der Waals surface area (Å²) in [4.78, 5) is 9.56. The summed E-state index contributed by atoms with van der Waals surface area (Å²) >= 11 is 0. The molecular weight excluding hydrogens is 118 g/mol. The van der Waals surface area contributed by atoms with Crippen LogP contribution < -0.4 is 0 Å². The van der Waals surface area contributed by atoms with E-state index >= 15 is 0 Å². The van der Waals surface area contributed by atoms with Gasteiger partial charge in [0.15, 0.2) is 0 Å². The summed E-state index contributed by atoms with van der Waals surface area (Å²) in [5, 5.41) is 9.98. The molecule has 1 unspecified atom stereocenters. The summed E-state index contributed by atoms with van der Waals surface area (Å²) in [6.45, 7) is 1.87. The third kappa shape index (κ3) is 2.70. The first-order chi connectivity index (χ1) is 4.22. The van der Waals surface area contributed by atoms with Gasteiger partial charge in [-0.15, -0.1) is 6.42 Å². The van der Waals surface area contributed by atoms with Gasteiger partial charge < -0.3 is 0 Å². The zero-order valence-electron chi connectivity index (χ0n) is 5.33. The second-order valence-electron chi connectivity index (χ2n) is 1.76. The zero-order valence-corrected chi connectivity index (χ0v) is 5.33. The second-order valence-corrected chi connectivity index (χ2v) is 1.76. The lowest BCUT2D eigenvalue weighted by Gasteiger charge is -1.97. The molecule has 0 aliphatic rings. The Morgan fingerprint density at radius 2 is 2.44 bits per heavy atom. The highest BCUT2D eigenvalue weighted by molar-refractivity contribution is 4.93. The highest BCUT2D eigenvalue weighted by Gasteiger charge is 2.12. The van der Waals surface area contributed by atoms with Gasteiger partial charge in [-0.2, -0.15) is 0 Å². The van der Waals surface area contributed by atoms with Gasteiger partial charge >= 0.3 is 0 Å². The van der Waals surface area contributed by atoms with Crippen molar-refractivity contribution in [1.29, 1.82) is 0 Å². The SMILES string of the molecule is C#CC(CCC)[N+](=O)[O-]. The molecule has 0 saturated carbocycles. The topological polar surface area (TPSA) is 43.1 Å². The highest BCUT2D eigenvalue weighted by Crippen LogP contribution is 1.97. The molecule has 1 atom stereocenters. The molecule has 3 nitrogen and oxygen atoms in total. The van der Waals surface area contributed by atoms with Crippen LogP contribution in [0.3, 0.4) is 0 Å². The van der Waals surface area contributed by atoms with E-state index in [0.29, 0.717) is 6.42 Å². The van der Waals surface area contributed by atoms with Gasteiger partial charge in [0.2, 0.25) is 0 Å². The van der Waals surface area contributed by atoms with Crippen molar-refractivity contribution in [3.8, 4) is 12.3 Å². The minimum absolute atomic E-state index is 0.427. The summed E-state index contributed by atoms with van der Waals surface area (Å²) in [6, 6.07) is -0.782. The molecule has 50 valence electrons. The molecule has 3 heteroatoms. The van der Waals surface area contributed by atoms with E-state index in [2.05, 4.69) is 5.92 Å². The number of nitro groups is 1. The molecule has 9 heavy (non-hydrogen) atoms. The van der Waals surface area contributed by atoms with E-state index in [1.807, 2.05) is 6.92 Å². The van der Waals surface area contributed by atoms with Crippen molar-refractivity contribution < 1.29 is 4.92 Å². The van der Waals surface area contributed by atoms with Crippen LogP contribution in [-0.4, -0.2) is 11.0 Å². The first-order valence-electron chi connectivity index (χ1n) is 2.82. The van der Waals surface area contributed by atoms with Crippen molar-refractivity contribution in [2.75, 3.05) is 0 Å². The molecule has 0 heterocycles. The van der Waals surface area contributed by atoms with Crippen LogP contribution in [0.2, 0.25) is 0 Å². The first kappa shape index (κ1) is 7.96. The summed E-state index contributed by atoms with van der Waals surface area (Å²) in [6.07, 6.45) is 6.10. The maximum Gasteiger partial charge on any atom is 0.272 e. The van der Waals surface area contributed by atoms with E-state index in [1.54, 1.807) is 0 Å². The van der Waals surface area contributed by atoms with Gasteiger partial charge in [0, 0.05) is 11.3 Å². The van der Waals surface area contributed by atoms with E-state index in [1.165, 1.54) is 0 Å². The molecule has 0 bridgehead atoms. The maximum atomic E-state index is 9.98. The largest absolute Gasteiger partial charge is 0.272 e. The summed E-state index contributed by atoms with van der Waals surface area (Å²) in [7, 11) is 0. The van der Waals surface area contributed by atoms with E-state index in [4.69, 9.17) is 6.42 Å². The number of terminal acetylenes is 1. The van der Waals surface area contributed by atoms with Gasteiger partial charge in [-0.25, -0.2) is 0 Å². The molecule has 0 aromatic heterocycles. The standard InChI is InChI=1S/C6H9NO2/c1-3-5-6(4-2)7(8)9/h2,6H,3,5H2,1H3. The minimum Gasteiger partial charge on any atom is -0.263 e. The molecule has 0 aliphatic heterocycles. The van der Waals surface area contributed by atoms with E-state index in [9.17, 15) is 10.1 Å². The van der Waals surface area contributed by atoms with Crippen molar-refractivity contribution >= 4 is 0 Å². The van der Waals surface area contributed by atoms with Crippen LogP contribution in [0.25, 0.3) is 0 Å². The smallest absolute Gasteiger partial charge is 0.263 e. The first-order valence-corrected chi connectivity index (χ1v) is 2.82. The normalized spacial score (nSPS) is 12.0. The van der Waals surface area contributed by atoms with Crippen LogP contribution in [0.5, 0.6) is 0 Å². The molecule has 0 aliphatic carbocycles. The van der Waals surface area contributed by atoms with Gasteiger partial charge in [-0.3, -0.25) is 10.1 Å². The molecule has 0 radical (unpaired) electrons. The summed E-state index contributed by atoms with van der Waals surface area (Å²) in [5.41, 5.74) is 0. The molecule has 0 amide bonds. The van der Waals surface area contributed by atoms with Crippen LogP contribution in [0, 0.1) is 22.5 Å². The Labute approximate surface area is 54.2 Å². The fourth-order valence-electron chi connectivity index (χ4n) is 0.523. The lowest BCUT2D eigenvalue weighted by atomic mass is 10.2. The van der Waals surface area contributed by atoms with Crippen molar-refractivity contribution in [3.63, 3.8) is 0 Å². The monoisotopic (exact) mass is 127 g/mol. The Hall–Kier alpha value is -1.04. The average Bonchev–Trinajstić information content (AvgIpc) is 1.82. The quantitative estimate of drug-likeness (QED) is 0.323. The van der Waals surface area contributed by atoms with Crippen molar-refractivity contribution in [3.05, 3.63) is 10.1 Å². The Morgan fingerprint density at radius 1 is 1.89 bits per heavy atom. The molecule has 0 N–H and O–H groups in total. The third-order valence-corrected chi connectivity index (χ3v) is 1.01. The minimum atomic E-state index is -0.782. The fourth-order valence-corrected chi connectivity index (χ4v) is 0.523. The number of hydrogen-bond donors (Lipinski definition) is 0. The van der Waals surface area contributed by atoms with Crippen LogP contribution in [0.1, 0.15) is 19.8 Å². The van der Waals surface area contributed by atoms with Crippen LogP contribution >= 0.6 is 0 Å². The van der Waals surface area contributed by atoms with E-state index < -0.39 is 11.0 Å². The average molecular weight is 127 g/mol. The molecule has 0 rings (SSSR count). The molecular formula is C6H9NO2. The second kappa shape index (κ2) is 3.90. The van der Waals surface area contributed by atoms with Gasteiger partial charge in [-0.05, 0) is 12.3 Å². The Morgan fingerprint density at radius 3 is 2.56 bits per heavy atom. The Balaban J connectivity index is 3.72. The van der Waals surface area contributed by atoms with Gasteiger partial charge in [0.05, 0.1) is 0 Å². The summed E-state index contributed by atoms with van der Waals surface area (Å²) < 4.78 is 0. The van der Waals surface area contributed by atoms with Crippen molar-refractivity contribution in [2.45, 2.75) is 25.8 Å². The van der Waals surface area contributed by atoms with Crippen LogP contribution in [0.4, 0.5) is 0 Å². The fraction of sp³-hybridized carbons (Fsp3) is 0.667. The molecule has 0 fully saturated rings. The Bertz CT molecular complexity index is 136. The number of hydrogen-bond acceptors (Lipinski definition) is 2. The molecule has 0 saturated heterocycles. The van der Waals surface area contributed by atoms with Crippen molar-refractivity contribution in [1.82, 2.24) is 0 Å². The number of nitrogens with zero attached hydrogens (tertiary/aromatic N) is 1. The third-order valence-electron chi connectivity index (χ3n) is 1.01. The van der Waals surface area contributed by atoms with Gasteiger partial charge in [0.25, 0.3) is 6.04 Å². The van der Waals surface area contributed by atoms with Crippen LogP contribution in [-0.2, 0) is 0 Å². The zero-order chi connectivity index (χ0) is 7.28. The van der Waals surface area contributed by atoms with Gasteiger partial charge in [0.1, 0.15) is 0 Å². The maximum absolute atomic E-state index is 9.98. The summed E-state index contributed by atoms with van der Waals surface area (Å²) in [5.74, 6) is 2.10. The number of rotatable bonds is 3. The molecule has 0 spiro atoms. The predicted molar refractivity (Wildman–Crippen MR) is 34.5 cm³/mol.